The first-order valence-corrected chi connectivity index (χ1v) is 9.89. The molecule has 1 aliphatic heterocycles. The number of nitrogens with zero attached hydrogens (tertiary/aromatic N) is 3. The van der Waals surface area contributed by atoms with E-state index in [1.165, 1.54) is 0 Å². The van der Waals surface area contributed by atoms with E-state index in [1.807, 2.05) is 67.1 Å². The van der Waals surface area contributed by atoms with Crippen molar-refractivity contribution in [2.75, 3.05) is 18.4 Å². The Labute approximate surface area is 182 Å². The van der Waals surface area contributed by atoms with Gasteiger partial charge in [-0.05, 0) is 69.6 Å². The number of halogens is 1. The van der Waals surface area contributed by atoms with Gasteiger partial charge in [0.2, 0.25) is 0 Å². The van der Waals surface area contributed by atoms with Crippen LogP contribution in [0.3, 0.4) is 0 Å². The third-order valence-electron chi connectivity index (χ3n) is 5.15. The molecule has 1 amide bonds. The number of benzene rings is 2. The molecule has 0 radical (unpaired) electrons. The molecule has 2 aromatic carbocycles. The molecule has 0 saturated carbocycles. The number of carbonyl (C=O) groups is 1. The Bertz CT molecular complexity index is 1000. The fourth-order valence-corrected chi connectivity index (χ4v) is 3.58. The van der Waals surface area contributed by atoms with Crippen LogP contribution in [0.1, 0.15) is 40.6 Å². The summed E-state index contributed by atoms with van der Waals surface area (Å²) in [5.41, 5.74) is 2.76. The molecule has 0 atom stereocenters. The van der Waals surface area contributed by atoms with Crippen molar-refractivity contribution in [1.82, 2.24) is 20.3 Å². The van der Waals surface area contributed by atoms with E-state index in [-0.39, 0.29) is 24.4 Å². The minimum absolute atomic E-state index is 0. The highest BCUT2D eigenvalue weighted by atomic mass is 35.5. The maximum absolute atomic E-state index is 13.0. The van der Waals surface area contributed by atoms with Crippen molar-refractivity contribution < 1.29 is 9.53 Å². The number of piperidine rings is 1. The number of carbonyl (C=O) groups excluding carboxylic acids is 1. The van der Waals surface area contributed by atoms with Gasteiger partial charge in [-0.1, -0.05) is 29.5 Å². The zero-order chi connectivity index (χ0) is 20.2. The summed E-state index contributed by atoms with van der Waals surface area (Å²) in [6, 6.07) is 15.5. The Morgan fingerprint density at radius 3 is 2.60 bits per heavy atom. The zero-order valence-corrected chi connectivity index (χ0v) is 17.9. The smallest absolute Gasteiger partial charge is 0.278 e. The highest BCUT2D eigenvalue weighted by Crippen LogP contribution is 2.31. The Hall–Kier alpha value is -2.90. The summed E-state index contributed by atoms with van der Waals surface area (Å²) in [4.78, 5) is 13.0. The Balaban J connectivity index is 0.00000256. The van der Waals surface area contributed by atoms with E-state index in [0.29, 0.717) is 22.9 Å². The first-order chi connectivity index (χ1) is 14.1. The largest absolute Gasteiger partial charge is 0.455 e. The van der Waals surface area contributed by atoms with Crippen LogP contribution in [-0.4, -0.2) is 34.0 Å². The zero-order valence-electron chi connectivity index (χ0n) is 17.1. The van der Waals surface area contributed by atoms with Gasteiger partial charge in [-0.25, -0.2) is 4.68 Å². The van der Waals surface area contributed by atoms with E-state index in [1.54, 1.807) is 0 Å². The number of aromatic nitrogens is 3. The molecule has 0 bridgehead atoms. The lowest BCUT2D eigenvalue weighted by Crippen LogP contribution is -2.30. The predicted octanol–water partition coefficient (Wildman–Crippen LogP) is 4.29. The number of rotatable bonds is 5. The second-order valence-corrected chi connectivity index (χ2v) is 7.32. The number of hydrogen-bond donors (Lipinski definition) is 2. The molecule has 4 rings (SSSR count). The van der Waals surface area contributed by atoms with Gasteiger partial charge in [0.05, 0.1) is 17.4 Å². The Kier molecular flexibility index (Phi) is 7.07. The van der Waals surface area contributed by atoms with Gasteiger partial charge in [0.15, 0.2) is 11.4 Å². The SMILES string of the molecule is Cc1ccc(Oc2ccccc2)c(NC(=O)c2nnn(C3CCNCC3)c2C)c1.Cl. The van der Waals surface area contributed by atoms with Gasteiger partial charge in [-0.2, -0.15) is 0 Å². The number of amides is 1. The molecule has 8 heteroatoms. The van der Waals surface area contributed by atoms with E-state index in [2.05, 4.69) is 20.9 Å². The van der Waals surface area contributed by atoms with Crippen LogP contribution < -0.4 is 15.4 Å². The van der Waals surface area contributed by atoms with Crippen molar-refractivity contribution in [3.8, 4) is 11.5 Å². The molecule has 2 heterocycles. The molecule has 1 aliphatic rings. The van der Waals surface area contributed by atoms with Crippen LogP contribution in [0, 0.1) is 13.8 Å². The number of ether oxygens (including phenoxy) is 1. The molecule has 0 unspecified atom stereocenters. The molecular formula is C22H26ClN5O2. The van der Waals surface area contributed by atoms with E-state index in [9.17, 15) is 4.79 Å². The van der Waals surface area contributed by atoms with Crippen molar-refractivity contribution in [3.63, 3.8) is 0 Å². The maximum Gasteiger partial charge on any atom is 0.278 e. The van der Waals surface area contributed by atoms with E-state index in [4.69, 9.17) is 4.74 Å². The van der Waals surface area contributed by atoms with Crippen LogP contribution in [0.2, 0.25) is 0 Å². The topological polar surface area (TPSA) is 81.1 Å². The number of aryl methyl sites for hydroxylation is 1. The van der Waals surface area contributed by atoms with E-state index >= 15 is 0 Å². The predicted molar refractivity (Wildman–Crippen MR) is 119 cm³/mol. The van der Waals surface area contributed by atoms with Gasteiger partial charge in [-0.3, -0.25) is 4.79 Å². The second-order valence-electron chi connectivity index (χ2n) is 7.32. The van der Waals surface area contributed by atoms with E-state index < -0.39 is 0 Å². The molecule has 3 aromatic rings. The molecule has 1 fully saturated rings. The summed E-state index contributed by atoms with van der Waals surface area (Å²) in [6.07, 6.45) is 1.97. The van der Waals surface area contributed by atoms with Crippen LogP contribution in [0.25, 0.3) is 0 Å². The minimum Gasteiger partial charge on any atom is -0.455 e. The first kappa shape index (κ1) is 21.8. The summed E-state index contributed by atoms with van der Waals surface area (Å²) in [5, 5.41) is 14.7. The average molecular weight is 428 g/mol. The summed E-state index contributed by atoms with van der Waals surface area (Å²) in [7, 11) is 0. The molecule has 1 aromatic heterocycles. The molecule has 1 saturated heterocycles. The molecule has 158 valence electrons. The lowest BCUT2D eigenvalue weighted by Gasteiger charge is -2.23. The van der Waals surface area contributed by atoms with Crippen LogP contribution >= 0.6 is 12.4 Å². The highest BCUT2D eigenvalue weighted by Gasteiger charge is 2.23. The lowest BCUT2D eigenvalue weighted by molar-refractivity contribution is 0.102. The highest BCUT2D eigenvalue weighted by molar-refractivity contribution is 6.04. The maximum atomic E-state index is 13.0. The molecule has 7 nitrogen and oxygen atoms in total. The number of anilines is 1. The summed E-state index contributed by atoms with van der Waals surface area (Å²) >= 11 is 0. The lowest BCUT2D eigenvalue weighted by atomic mass is 10.1. The van der Waals surface area contributed by atoms with Crippen molar-refractivity contribution in [1.29, 1.82) is 0 Å². The third kappa shape index (κ3) is 4.80. The monoisotopic (exact) mass is 427 g/mol. The fourth-order valence-electron chi connectivity index (χ4n) is 3.58. The Morgan fingerprint density at radius 1 is 1.13 bits per heavy atom. The number of hydrogen-bond acceptors (Lipinski definition) is 5. The standard InChI is InChI=1S/C22H25N5O2.ClH/c1-15-8-9-20(29-18-6-4-3-5-7-18)19(14-15)24-22(28)21-16(2)27(26-25-21)17-10-12-23-13-11-17;/h3-9,14,17,23H,10-13H2,1-2H3,(H,24,28);1H. The number of nitrogens with one attached hydrogen (secondary N) is 2. The normalized spacial score (nSPS) is 14.1. The van der Waals surface area contributed by atoms with Crippen molar-refractivity contribution in [2.45, 2.75) is 32.7 Å². The van der Waals surface area contributed by atoms with Crippen molar-refractivity contribution >= 4 is 24.0 Å². The van der Waals surface area contributed by atoms with Gasteiger partial charge in [-0.15, -0.1) is 17.5 Å². The molecule has 2 N–H and O–H groups in total. The minimum atomic E-state index is -0.286. The van der Waals surface area contributed by atoms with Crippen LogP contribution in [0.15, 0.2) is 48.5 Å². The summed E-state index contributed by atoms with van der Waals surface area (Å²) in [5.74, 6) is 1.00. The fraction of sp³-hybridized carbons (Fsp3) is 0.318. The van der Waals surface area contributed by atoms with Crippen LogP contribution in [-0.2, 0) is 0 Å². The van der Waals surface area contributed by atoms with Gasteiger partial charge in [0.25, 0.3) is 5.91 Å². The quantitative estimate of drug-likeness (QED) is 0.635. The Morgan fingerprint density at radius 2 is 1.87 bits per heavy atom. The first-order valence-electron chi connectivity index (χ1n) is 9.89. The van der Waals surface area contributed by atoms with Crippen LogP contribution in [0.5, 0.6) is 11.5 Å². The molecular weight excluding hydrogens is 402 g/mol. The molecule has 0 spiro atoms. The third-order valence-corrected chi connectivity index (χ3v) is 5.15. The summed E-state index contributed by atoms with van der Waals surface area (Å²) < 4.78 is 7.85. The van der Waals surface area contributed by atoms with Gasteiger partial charge in [0.1, 0.15) is 5.75 Å². The average Bonchev–Trinajstić information content (AvgIpc) is 3.13. The summed E-state index contributed by atoms with van der Waals surface area (Å²) in [6.45, 7) is 5.78. The van der Waals surface area contributed by atoms with Crippen molar-refractivity contribution in [3.05, 3.63) is 65.5 Å². The van der Waals surface area contributed by atoms with Gasteiger partial charge in [0, 0.05) is 0 Å². The molecule has 30 heavy (non-hydrogen) atoms. The number of para-hydroxylation sites is 1. The van der Waals surface area contributed by atoms with E-state index in [0.717, 1.165) is 37.2 Å². The van der Waals surface area contributed by atoms with Gasteiger partial charge >= 0.3 is 0 Å². The molecule has 0 aliphatic carbocycles. The van der Waals surface area contributed by atoms with Crippen molar-refractivity contribution in [2.24, 2.45) is 0 Å². The van der Waals surface area contributed by atoms with Crippen LogP contribution in [0.4, 0.5) is 5.69 Å². The van der Waals surface area contributed by atoms with Gasteiger partial charge < -0.3 is 15.4 Å². The second kappa shape index (κ2) is 9.73.